The van der Waals surface area contributed by atoms with Crippen molar-refractivity contribution >= 4 is 33.0 Å². The van der Waals surface area contributed by atoms with E-state index >= 15 is 0 Å². The quantitative estimate of drug-likeness (QED) is 0.597. The number of hydrogen-bond acceptors (Lipinski definition) is 4. The number of hydrogen-bond donors (Lipinski definition) is 0. The lowest BCUT2D eigenvalue weighted by atomic mass is 10.1. The van der Waals surface area contributed by atoms with Crippen LogP contribution in [0.25, 0.3) is 17.1 Å². The van der Waals surface area contributed by atoms with Crippen molar-refractivity contribution < 1.29 is 9.47 Å². The molecule has 25 heavy (non-hydrogen) atoms. The number of ether oxygens (including phenoxy) is 2. The maximum absolute atomic E-state index is 9.56. The molecule has 0 radical (unpaired) electrons. The van der Waals surface area contributed by atoms with Crippen LogP contribution in [0, 0.1) is 11.3 Å². The zero-order valence-electron chi connectivity index (χ0n) is 13.9. The van der Waals surface area contributed by atoms with Crippen LogP contribution in [0.3, 0.4) is 0 Å². The Hall–Kier alpha value is -2.78. The van der Waals surface area contributed by atoms with Crippen LogP contribution >= 0.6 is 15.9 Å². The zero-order chi connectivity index (χ0) is 17.8. The Morgan fingerprint density at radius 3 is 2.72 bits per heavy atom. The van der Waals surface area contributed by atoms with Gasteiger partial charge in [-0.3, -0.25) is 0 Å². The molecule has 0 saturated carbocycles. The molecule has 0 N–H and O–H groups in total. The van der Waals surface area contributed by atoms with Gasteiger partial charge in [-0.05, 0) is 40.2 Å². The summed E-state index contributed by atoms with van der Waals surface area (Å²) in [6, 6.07) is 13.8. The molecule has 0 atom stereocenters. The van der Waals surface area contributed by atoms with Crippen molar-refractivity contribution in [2.24, 2.45) is 0 Å². The highest BCUT2D eigenvalue weighted by Gasteiger charge is 2.10. The van der Waals surface area contributed by atoms with Gasteiger partial charge >= 0.3 is 0 Å². The van der Waals surface area contributed by atoms with E-state index in [2.05, 4.69) is 27.0 Å². The van der Waals surface area contributed by atoms with Gasteiger partial charge in [0.1, 0.15) is 11.5 Å². The minimum atomic E-state index is 0.434. The third-order valence-electron chi connectivity index (χ3n) is 3.85. The number of halogens is 1. The Morgan fingerprint density at radius 1 is 1.24 bits per heavy atom. The monoisotopic (exact) mass is 397 g/mol. The van der Waals surface area contributed by atoms with Crippen LogP contribution in [0.5, 0.6) is 11.5 Å². The highest BCUT2D eigenvalue weighted by Crippen LogP contribution is 2.34. The maximum atomic E-state index is 9.56. The van der Waals surface area contributed by atoms with Gasteiger partial charge in [0, 0.05) is 11.6 Å². The Labute approximate surface area is 154 Å². The van der Waals surface area contributed by atoms with Gasteiger partial charge in [0.05, 0.1) is 54.2 Å². The number of methoxy groups -OCH3 is 2. The number of para-hydroxylation sites is 2. The second-order valence-corrected chi connectivity index (χ2v) is 6.23. The Kier molecular flexibility index (Phi) is 5.05. The summed E-state index contributed by atoms with van der Waals surface area (Å²) in [4.78, 5) is 4.36. The third-order valence-corrected chi connectivity index (χ3v) is 4.47. The van der Waals surface area contributed by atoms with E-state index in [9.17, 15) is 5.26 Å². The fourth-order valence-electron chi connectivity index (χ4n) is 2.62. The first-order valence-corrected chi connectivity index (χ1v) is 8.37. The van der Waals surface area contributed by atoms with Crippen LogP contribution in [0.4, 0.5) is 0 Å². The lowest BCUT2D eigenvalue weighted by Crippen LogP contribution is -1.99. The highest BCUT2D eigenvalue weighted by molar-refractivity contribution is 9.10. The third kappa shape index (κ3) is 3.52. The molecule has 0 fully saturated rings. The van der Waals surface area contributed by atoms with Gasteiger partial charge in [-0.15, -0.1) is 0 Å². The fourth-order valence-corrected chi connectivity index (χ4v) is 3.14. The van der Waals surface area contributed by atoms with Crippen LogP contribution in [0.15, 0.2) is 52.8 Å². The Balaban J connectivity index is 1.98. The Morgan fingerprint density at radius 2 is 2.00 bits per heavy atom. The minimum absolute atomic E-state index is 0.434. The highest BCUT2D eigenvalue weighted by atomic mass is 79.9. The summed E-state index contributed by atoms with van der Waals surface area (Å²) >= 11 is 3.47. The molecule has 3 rings (SSSR count). The summed E-state index contributed by atoms with van der Waals surface area (Å²) in [5.41, 5.74) is 3.30. The lowest BCUT2D eigenvalue weighted by molar-refractivity contribution is 0.392. The van der Waals surface area contributed by atoms with Crippen LogP contribution < -0.4 is 9.47 Å². The molecule has 0 aliphatic rings. The molecular weight excluding hydrogens is 382 g/mol. The van der Waals surface area contributed by atoms with Crippen molar-refractivity contribution in [1.82, 2.24) is 9.55 Å². The maximum Gasteiger partial charge on any atom is 0.136 e. The van der Waals surface area contributed by atoms with Gasteiger partial charge in [0.25, 0.3) is 0 Å². The van der Waals surface area contributed by atoms with Crippen molar-refractivity contribution in [2.45, 2.75) is 6.54 Å². The smallest absolute Gasteiger partial charge is 0.136 e. The molecule has 5 nitrogen and oxygen atoms in total. The molecule has 0 bridgehead atoms. The fraction of sp³-hybridized carbons (Fsp3) is 0.158. The number of benzene rings is 2. The second kappa shape index (κ2) is 7.41. The number of nitriles is 1. The Bertz CT molecular complexity index is 986. The number of imidazole rings is 1. The molecule has 1 aromatic heterocycles. The SMILES string of the molecule is COc1cc(OC)c(/C=C(/C#N)Cn2cnc3ccccc32)cc1Br. The van der Waals surface area contributed by atoms with E-state index < -0.39 is 0 Å². The molecule has 0 aliphatic heterocycles. The van der Waals surface area contributed by atoms with E-state index in [0.717, 1.165) is 21.1 Å². The molecular formula is C19H16BrN3O2. The molecule has 6 heteroatoms. The number of nitrogens with zero attached hydrogens (tertiary/aromatic N) is 3. The van der Waals surface area contributed by atoms with Crippen molar-refractivity contribution in [2.75, 3.05) is 14.2 Å². The molecule has 3 aromatic rings. The van der Waals surface area contributed by atoms with Gasteiger partial charge < -0.3 is 14.0 Å². The molecule has 0 aliphatic carbocycles. The van der Waals surface area contributed by atoms with E-state index in [0.29, 0.717) is 23.6 Å². The average Bonchev–Trinajstić information content (AvgIpc) is 3.04. The van der Waals surface area contributed by atoms with Crippen molar-refractivity contribution in [1.29, 1.82) is 5.26 Å². The van der Waals surface area contributed by atoms with Crippen LogP contribution in [-0.2, 0) is 6.54 Å². The van der Waals surface area contributed by atoms with Gasteiger partial charge in [-0.25, -0.2) is 4.98 Å². The largest absolute Gasteiger partial charge is 0.496 e. The first-order valence-electron chi connectivity index (χ1n) is 7.58. The zero-order valence-corrected chi connectivity index (χ0v) is 15.4. The summed E-state index contributed by atoms with van der Waals surface area (Å²) in [6.45, 7) is 0.434. The van der Waals surface area contributed by atoms with Crippen LogP contribution in [0.1, 0.15) is 5.56 Å². The molecule has 2 aromatic carbocycles. The predicted octanol–water partition coefficient (Wildman–Crippen LogP) is 4.42. The number of fused-ring (bicyclic) bond motifs is 1. The molecule has 0 spiro atoms. The molecule has 0 amide bonds. The van der Waals surface area contributed by atoms with Gasteiger partial charge in [-0.1, -0.05) is 12.1 Å². The van der Waals surface area contributed by atoms with E-state index in [4.69, 9.17) is 9.47 Å². The summed E-state index contributed by atoms with van der Waals surface area (Å²) < 4.78 is 13.5. The number of rotatable bonds is 5. The van der Waals surface area contributed by atoms with E-state index in [1.165, 1.54) is 0 Å². The normalized spacial score (nSPS) is 11.4. The molecule has 0 saturated heterocycles. The molecule has 1 heterocycles. The predicted molar refractivity (Wildman–Crippen MR) is 101 cm³/mol. The first kappa shape index (κ1) is 17.1. The average molecular weight is 398 g/mol. The minimum Gasteiger partial charge on any atom is -0.496 e. The number of allylic oxidation sites excluding steroid dienone is 1. The summed E-state index contributed by atoms with van der Waals surface area (Å²) in [6.07, 6.45) is 3.56. The van der Waals surface area contributed by atoms with E-state index in [1.807, 2.05) is 41.0 Å². The van der Waals surface area contributed by atoms with Gasteiger partial charge in [0.2, 0.25) is 0 Å². The van der Waals surface area contributed by atoms with Crippen molar-refractivity contribution in [3.63, 3.8) is 0 Å². The lowest BCUT2D eigenvalue weighted by Gasteiger charge is -2.10. The van der Waals surface area contributed by atoms with Crippen molar-refractivity contribution in [3.05, 3.63) is 58.3 Å². The van der Waals surface area contributed by atoms with Gasteiger partial charge in [-0.2, -0.15) is 5.26 Å². The van der Waals surface area contributed by atoms with Crippen LogP contribution in [-0.4, -0.2) is 23.8 Å². The van der Waals surface area contributed by atoms with Gasteiger partial charge in [0.15, 0.2) is 0 Å². The molecule has 0 unspecified atom stereocenters. The van der Waals surface area contributed by atoms with E-state index in [-0.39, 0.29) is 0 Å². The van der Waals surface area contributed by atoms with E-state index in [1.54, 1.807) is 26.6 Å². The van der Waals surface area contributed by atoms with Crippen LogP contribution in [0.2, 0.25) is 0 Å². The number of aromatic nitrogens is 2. The summed E-state index contributed by atoms with van der Waals surface area (Å²) in [5.74, 6) is 1.32. The first-order chi connectivity index (χ1) is 12.2. The standard InChI is InChI=1S/C19H16BrN3O2/c1-24-18-9-19(25-2)15(20)8-14(18)7-13(10-21)11-23-12-22-16-5-3-4-6-17(16)23/h3-9,12H,11H2,1-2H3/b13-7-. The molecule has 126 valence electrons. The summed E-state index contributed by atoms with van der Waals surface area (Å²) in [5, 5.41) is 9.56. The second-order valence-electron chi connectivity index (χ2n) is 5.37. The van der Waals surface area contributed by atoms with Crippen molar-refractivity contribution in [3.8, 4) is 17.6 Å². The topological polar surface area (TPSA) is 60.1 Å². The summed E-state index contributed by atoms with van der Waals surface area (Å²) in [7, 11) is 3.19.